The molecular weight excluding hydrogens is 254 g/mol. The van der Waals surface area contributed by atoms with Crippen LogP contribution in [0.25, 0.3) is 0 Å². The molecule has 0 bridgehead atoms. The summed E-state index contributed by atoms with van der Waals surface area (Å²) in [5.41, 5.74) is 0. The lowest BCUT2D eigenvalue weighted by Gasteiger charge is -2.29. The van der Waals surface area contributed by atoms with Gasteiger partial charge in [0.1, 0.15) is 0 Å². The van der Waals surface area contributed by atoms with Crippen LogP contribution in [0.1, 0.15) is 51.9 Å². The van der Waals surface area contributed by atoms with Gasteiger partial charge in [0.15, 0.2) is 0 Å². The van der Waals surface area contributed by atoms with Crippen molar-refractivity contribution >= 4 is 11.9 Å². The van der Waals surface area contributed by atoms with E-state index in [0.29, 0.717) is 19.1 Å². The number of carbonyl (C=O) groups is 2. The van der Waals surface area contributed by atoms with Gasteiger partial charge in [-0.1, -0.05) is 19.3 Å². The second-order valence-electron chi connectivity index (χ2n) is 6.07. The summed E-state index contributed by atoms with van der Waals surface area (Å²) in [5, 5.41) is 4.99. The van der Waals surface area contributed by atoms with Crippen molar-refractivity contribution < 1.29 is 9.59 Å². The average molecular weight is 281 g/mol. The zero-order chi connectivity index (χ0) is 14.4. The van der Waals surface area contributed by atoms with E-state index in [-0.39, 0.29) is 11.9 Å². The number of rotatable bonds is 6. The van der Waals surface area contributed by atoms with Gasteiger partial charge in [-0.2, -0.15) is 0 Å². The Bertz CT molecular complexity index is 336. The molecule has 2 aliphatic carbocycles. The van der Waals surface area contributed by atoms with Gasteiger partial charge in [-0.15, -0.1) is 0 Å². The zero-order valence-corrected chi connectivity index (χ0v) is 12.5. The van der Waals surface area contributed by atoms with Crippen LogP contribution in [0.15, 0.2) is 0 Å². The van der Waals surface area contributed by atoms with Crippen molar-refractivity contribution in [2.24, 2.45) is 5.92 Å². The van der Waals surface area contributed by atoms with Crippen molar-refractivity contribution in [3.8, 4) is 0 Å². The standard InChI is InChI=1S/C15H27N3O2/c1-2-16-15(20)17-14(19)11-18(13-8-9-13)10-12-6-4-3-5-7-12/h12-13H,2-11H2,1H3,(H2,16,17,19,20). The molecule has 0 heterocycles. The molecule has 2 aliphatic rings. The highest BCUT2D eigenvalue weighted by molar-refractivity contribution is 5.95. The molecule has 0 aliphatic heterocycles. The SMILES string of the molecule is CCNC(=O)NC(=O)CN(CC1CCCCC1)C1CC1. The fourth-order valence-corrected chi connectivity index (χ4v) is 3.04. The third kappa shape index (κ3) is 5.12. The molecule has 20 heavy (non-hydrogen) atoms. The molecule has 2 rings (SSSR count). The monoisotopic (exact) mass is 281 g/mol. The summed E-state index contributed by atoms with van der Waals surface area (Å²) in [7, 11) is 0. The summed E-state index contributed by atoms with van der Waals surface area (Å²) in [5.74, 6) is 0.556. The maximum atomic E-state index is 11.9. The molecule has 3 amide bonds. The number of amides is 3. The molecule has 0 aromatic rings. The summed E-state index contributed by atoms with van der Waals surface area (Å²) in [6, 6.07) is 0.183. The molecular formula is C15H27N3O2. The van der Waals surface area contributed by atoms with Crippen molar-refractivity contribution in [2.45, 2.75) is 57.9 Å². The van der Waals surface area contributed by atoms with Crippen LogP contribution in [0.5, 0.6) is 0 Å². The Morgan fingerprint density at radius 3 is 2.40 bits per heavy atom. The number of hydrogen-bond donors (Lipinski definition) is 2. The zero-order valence-electron chi connectivity index (χ0n) is 12.5. The van der Waals surface area contributed by atoms with Crippen molar-refractivity contribution in [3.05, 3.63) is 0 Å². The van der Waals surface area contributed by atoms with E-state index in [1.54, 1.807) is 0 Å². The summed E-state index contributed by atoms with van der Waals surface area (Å²) in [4.78, 5) is 25.5. The highest BCUT2D eigenvalue weighted by Gasteiger charge is 2.32. The van der Waals surface area contributed by atoms with Crippen molar-refractivity contribution in [1.29, 1.82) is 0 Å². The molecule has 5 heteroatoms. The van der Waals surface area contributed by atoms with E-state index in [9.17, 15) is 9.59 Å². The predicted octanol–water partition coefficient (Wildman–Crippen LogP) is 1.88. The first-order valence-electron chi connectivity index (χ1n) is 8.00. The van der Waals surface area contributed by atoms with Crippen LogP contribution >= 0.6 is 0 Å². The first-order valence-corrected chi connectivity index (χ1v) is 8.00. The molecule has 0 aromatic carbocycles. The Balaban J connectivity index is 1.76. The summed E-state index contributed by atoms with van der Waals surface area (Å²) >= 11 is 0. The summed E-state index contributed by atoms with van der Waals surface area (Å²) in [6.07, 6.45) is 8.99. The van der Waals surface area contributed by atoms with Crippen molar-refractivity contribution in [1.82, 2.24) is 15.5 Å². The van der Waals surface area contributed by atoms with E-state index in [4.69, 9.17) is 0 Å². The van der Waals surface area contributed by atoms with Crippen LogP contribution < -0.4 is 10.6 Å². The molecule has 0 saturated heterocycles. The highest BCUT2D eigenvalue weighted by atomic mass is 16.2. The lowest BCUT2D eigenvalue weighted by Crippen LogP contribution is -2.46. The maximum Gasteiger partial charge on any atom is 0.321 e. The minimum absolute atomic E-state index is 0.182. The highest BCUT2D eigenvalue weighted by Crippen LogP contribution is 2.30. The topological polar surface area (TPSA) is 61.4 Å². The van der Waals surface area contributed by atoms with E-state index in [1.165, 1.54) is 44.9 Å². The Morgan fingerprint density at radius 1 is 1.10 bits per heavy atom. The summed E-state index contributed by atoms with van der Waals surface area (Å²) in [6.45, 7) is 3.75. The number of imide groups is 1. The van der Waals surface area contributed by atoms with Gasteiger partial charge >= 0.3 is 6.03 Å². The van der Waals surface area contributed by atoms with Gasteiger partial charge in [0, 0.05) is 19.1 Å². The van der Waals surface area contributed by atoms with Crippen LogP contribution in [-0.4, -0.2) is 42.5 Å². The Hall–Kier alpha value is -1.10. The van der Waals surface area contributed by atoms with E-state index in [0.717, 1.165) is 12.5 Å². The normalized spacial score (nSPS) is 19.9. The number of urea groups is 1. The first kappa shape index (κ1) is 15.3. The van der Waals surface area contributed by atoms with Crippen molar-refractivity contribution in [3.63, 3.8) is 0 Å². The number of carbonyl (C=O) groups excluding carboxylic acids is 2. The molecule has 2 saturated carbocycles. The van der Waals surface area contributed by atoms with Crippen LogP contribution in [0, 0.1) is 5.92 Å². The molecule has 0 radical (unpaired) electrons. The Kier molecular flexibility index (Phi) is 5.83. The lowest BCUT2D eigenvalue weighted by atomic mass is 9.89. The predicted molar refractivity (Wildman–Crippen MR) is 78.4 cm³/mol. The van der Waals surface area contributed by atoms with Crippen LogP contribution in [0.4, 0.5) is 4.79 Å². The second kappa shape index (κ2) is 7.62. The minimum Gasteiger partial charge on any atom is -0.338 e. The van der Waals surface area contributed by atoms with E-state index in [1.807, 2.05) is 6.92 Å². The number of nitrogens with one attached hydrogen (secondary N) is 2. The van der Waals surface area contributed by atoms with Gasteiger partial charge in [-0.3, -0.25) is 15.0 Å². The molecule has 114 valence electrons. The third-order valence-corrected chi connectivity index (χ3v) is 4.22. The molecule has 0 unspecified atom stereocenters. The fourth-order valence-electron chi connectivity index (χ4n) is 3.04. The van der Waals surface area contributed by atoms with Gasteiger partial charge in [0.05, 0.1) is 6.54 Å². The first-order chi connectivity index (χ1) is 9.69. The second-order valence-corrected chi connectivity index (χ2v) is 6.07. The van der Waals surface area contributed by atoms with Gasteiger partial charge < -0.3 is 5.32 Å². The quantitative estimate of drug-likeness (QED) is 0.781. The van der Waals surface area contributed by atoms with Gasteiger partial charge in [0.25, 0.3) is 0 Å². The van der Waals surface area contributed by atoms with Gasteiger partial charge in [0.2, 0.25) is 5.91 Å². The van der Waals surface area contributed by atoms with Crippen LogP contribution in [-0.2, 0) is 4.79 Å². The summed E-state index contributed by atoms with van der Waals surface area (Å²) < 4.78 is 0. The molecule has 2 N–H and O–H groups in total. The van der Waals surface area contributed by atoms with Crippen LogP contribution in [0.2, 0.25) is 0 Å². The van der Waals surface area contributed by atoms with Crippen LogP contribution in [0.3, 0.4) is 0 Å². The van der Waals surface area contributed by atoms with Crippen molar-refractivity contribution in [2.75, 3.05) is 19.6 Å². The number of nitrogens with zero attached hydrogens (tertiary/aromatic N) is 1. The third-order valence-electron chi connectivity index (χ3n) is 4.22. The molecule has 0 atom stereocenters. The largest absolute Gasteiger partial charge is 0.338 e. The van der Waals surface area contributed by atoms with Gasteiger partial charge in [-0.25, -0.2) is 4.79 Å². The molecule has 5 nitrogen and oxygen atoms in total. The van der Waals surface area contributed by atoms with E-state index >= 15 is 0 Å². The fraction of sp³-hybridized carbons (Fsp3) is 0.867. The maximum absolute atomic E-state index is 11.9. The van der Waals surface area contributed by atoms with E-state index in [2.05, 4.69) is 15.5 Å². The molecule has 2 fully saturated rings. The van der Waals surface area contributed by atoms with Gasteiger partial charge in [-0.05, 0) is 38.5 Å². The Morgan fingerprint density at radius 2 is 1.80 bits per heavy atom. The van der Waals surface area contributed by atoms with E-state index < -0.39 is 0 Å². The number of hydrogen-bond acceptors (Lipinski definition) is 3. The average Bonchev–Trinajstić information content (AvgIpc) is 3.23. The molecule has 0 spiro atoms. The lowest BCUT2D eigenvalue weighted by molar-refractivity contribution is -0.121. The smallest absolute Gasteiger partial charge is 0.321 e. The minimum atomic E-state index is -0.383. The molecule has 0 aromatic heterocycles. The Labute approximate surface area is 121 Å².